The fraction of sp³-hybridized carbons (Fsp3) is 0.286. The normalized spacial score (nSPS) is 14.2. The highest BCUT2D eigenvalue weighted by Gasteiger charge is 2.21. The Morgan fingerprint density at radius 1 is 1.28 bits per heavy atom. The van der Waals surface area contributed by atoms with E-state index in [0.717, 1.165) is 42.8 Å². The third-order valence-electron chi connectivity index (χ3n) is 3.50. The first-order valence-electron chi connectivity index (χ1n) is 6.20. The van der Waals surface area contributed by atoms with Gasteiger partial charge in [0.15, 0.2) is 0 Å². The number of carbonyl (C=O) groups is 1. The van der Waals surface area contributed by atoms with Gasteiger partial charge in [-0.2, -0.15) is 0 Å². The highest BCUT2D eigenvalue weighted by atomic mass is 16.1. The number of pyridine rings is 1. The molecule has 2 aromatic rings. The molecule has 0 radical (unpaired) electrons. The smallest absolute Gasteiger partial charge is 0.250 e. The summed E-state index contributed by atoms with van der Waals surface area (Å²) in [7, 11) is 0. The Morgan fingerprint density at radius 3 is 2.78 bits per heavy atom. The summed E-state index contributed by atoms with van der Waals surface area (Å²) in [6, 6.07) is 5.84. The summed E-state index contributed by atoms with van der Waals surface area (Å²) in [5.41, 5.74) is 9.37. The van der Waals surface area contributed by atoms with Crippen LogP contribution in [0.3, 0.4) is 0 Å². The van der Waals surface area contributed by atoms with Crippen LogP contribution in [-0.4, -0.2) is 15.5 Å². The fourth-order valence-electron chi connectivity index (χ4n) is 2.65. The van der Waals surface area contributed by atoms with Gasteiger partial charge in [0.2, 0.25) is 0 Å². The summed E-state index contributed by atoms with van der Waals surface area (Å²) < 4.78 is 2.22. The topological polar surface area (TPSA) is 60.9 Å². The van der Waals surface area contributed by atoms with Crippen molar-refractivity contribution in [3.8, 4) is 11.3 Å². The first kappa shape index (κ1) is 11.0. The van der Waals surface area contributed by atoms with Crippen molar-refractivity contribution in [3.05, 3.63) is 41.9 Å². The van der Waals surface area contributed by atoms with E-state index in [4.69, 9.17) is 5.73 Å². The van der Waals surface area contributed by atoms with E-state index in [1.165, 1.54) is 0 Å². The van der Waals surface area contributed by atoms with Crippen molar-refractivity contribution in [1.29, 1.82) is 0 Å². The zero-order valence-corrected chi connectivity index (χ0v) is 10.1. The van der Waals surface area contributed by atoms with E-state index in [0.29, 0.717) is 5.56 Å². The molecule has 0 aliphatic carbocycles. The third kappa shape index (κ3) is 1.70. The largest absolute Gasteiger partial charge is 0.366 e. The summed E-state index contributed by atoms with van der Waals surface area (Å²) in [6.07, 6.45) is 6.74. The summed E-state index contributed by atoms with van der Waals surface area (Å²) in [5, 5.41) is 0. The van der Waals surface area contributed by atoms with Crippen molar-refractivity contribution in [2.75, 3.05) is 0 Å². The summed E-state index contributed by atoms with van der Waals surface area (Å²) in [6.45, 7) is 0.959. The molecule has 0 atom stereocenters. The molecule has 4 nitrogen and oxygen atoms in total. The van der Waals surface area contributed by atoms with Crippen LogP contribution in [0.4, 0.5) is 0 Å². The first-order valence-corrected chi connectivity index (χ1v) is 6.20. The highest BCUT2D eigenvalue weighted by molar-refractivity contribution is 5.95. The van der Waals surface area contributed by atoms with Gasteiger partial charge in [-0.25, -0.2) is 0 Å². The molecule has 3 heterocycles. The van der Waals surface area contributed by atoms with E-state index in [-0.39, 0.29) is 5.91 Å². The predicted molar refractivity (Wildman–Crippen MR) is 69.1 cm³/mol. The molecule has 0 aromatic carbocycles. The molecule has 1 aliphatic heterocycles. The predicted octanol–water partition coefficient (Wildman–Crippen LogP) is 1.99. The molecule has 0 saturated carbocycles. The molecule has 0 bridgehead atoms. The van der Waals surface area contributed by atoms with Crippen LogP contribution in [0.2, 0.25) is 0 Å². The minimum absolute atomic E-state index is 0.332. The van der Waals surface area contributed by atoms with Gasteiger partial charge in [-0.1, -0.05) is 0 Å². The Morgan fingerprint density at radius 2 is 2.06 bits per heavy atom. The molecule has 0 saturated heterocycles. The summed E-state index contributed by atoms with van der Waals surface area (Å²) >= 11 is 0. The number of hydrogen-bond acceptors (Lipinski definition) is 2. The van der Waals surface area contributed by atoms with E-state index in [1.54, 1.807) is 12.4 Å². The van der Waals surface area contributed by atoms with E-state index in [1.807, 2.05) is 18.2 Å². The number of rotatable bonds is 2. The maximum Gasteiger partial charge on any atom is 0.250 e. The summed E-state index contributed by atoms with van der Waals surface area (Å²) in [4.78, 5) is 15.5. The number of amides is 1. The Hall–Kier alpha value is -2.10. The van der Waals surface area contributed by atoms with E-state index >= 15 is 0 Å². The number of hydrogen-bond donors (Lipinski definition) is 1. The van der Waals surface area contributed by atoms with Gasteiger partial charge in [0.1, 0.15) is 0 Å². The van der Waals surface area contributed by atoms with Gasteiger partial charge in [-0.05, 0) is 37.5 Å². The van der Waals surface area contributed by atoms with E-state index in [2.05, 4.69) is 9.55 Å². The third-order valence-corrected chi connectivity index (χ3v) is 3.50. The quantitative estimate of drug-likeness (QED) is 0.874. The molecule has 0 fully saturated rings. The first-order chi connectivity index (χ1) is 8.77. The molecule has 4 heteroatoms. The zero-order chi connectivity index (χ0) is 12.5. The Kier molecular flexibility index (Phi) is 2.63. The maximum atomic E-state index is 11.5. The molecule has 0 spiro atoms. The van der Waals surface area contributed by atoms with Crippen LogP contribution in [0, 0.1) is 0 Å². The van der Waals surface area contributed by atoms with Gasteiger partial charge in [-0.15, -0.1) is 0 Å². The van der Waals surface area contributed by atoms with Gasteiger partial charge in [0.25, 0.3) is 5.91 Å². The second kappa shape index (κ2) is 4.29. The van der Waals surface area contributed by atoms with Crippen LogP contribution in [0.1, 0.15) is 28.9 Å². The molecule has 3 rings (SSSR count). The average Bonchev–Trinajstić information content (AvgIpc) is 2.79. The van der Waals surface area contributed by atoms with E-state index in [9.17, 15) is 4.79 Å². The number of fused-ring (bicyclic) bond motifs is 1. The average molecular weight is 241 g/mol. The van der Waals surface area contributed by atoms with Crippen LogP contribution in [0.15, 0.2) is 30.6 Å². The molecule has 0 unspecified atom stereocenters. The van der Waals surface area contributed by atoms with E-state index < -0.39 is 0 Å². The zero-order valence-electron chi connectivity index (χ0n) is 10.1. The second-order valence-electron chi connectivity index (χ2n) is 4.60. The minimum atomic E-state index is -0.332. The number of aromatic nitrogens is 2. The van der Waals surface area contributed by atoms with Crippen molar-refractivity contribution in [2.45, 2.75) is 25.8 Å². The molecule has 1 aliphatic rings. The fourth-order valence-corrected chi connectivity index (χ4v) is 2.65. The van der Waals surface area contributed by atoms with Gasteiger partial charge >= 0.3 is 0 Å². The van der Waals surface area contributed by atoms with Crippen LogP contribution in [0.25, 0.3) is 11.3 Å². The van der Waals surface area contributed by atoms with Crippen LogP contribution in [0.5, 0.6) is 0 Å². The number of nitrogens with zero attached hydrogens (tertiary/aromatic N) is 2. The van der Waals surface area contributed by atoms with Crippen molar-refractivity contribution < 1.29 is 4.79 Å². The van der Waals surface area contributed by atoms with Crippen molar-refractivity contribution in [3.63, 3.8) is 0 Å². The molecule has 92 valence electrons. The summed E-state index contributed by atoms with van der Waals surface area (Å²) in [5.74, 6) is -0.332. The Labute approximate surface area is 105 Å². The molecule has 2 N–H and O–H groups in total. The van der Waals surface area contributed by atoms with Crippen molar-refractivity contribution >= 4 is 5.91 Å². The minimum Gasteiger partial charge on any atom is -0.366 e. The van der Waals surface area contributed by atoms with Gasteiger partial charge in [0, 0.05) is 35.9 Å². The van der Waals surface area contributed by atoms with Crippen LogP contribution >= 0.6 is 0 Å². The Balaban J connectivity index is 2.18. The van der Waals surface area contributed by atoms with Crippen LogP contribution < -0.4 is 5.73 Å². The lowest BCUT2D eigenvalue weighted by molar-refractivity contribution is 0.0999. The van der Waals surface area contributed by atoms with Gasteiger partial charge in [0.05, 0.1) is 5.56 Å². The van der Waals surface area contributed by atoms with Gasteiger partial charge < -0.3 is 10.3 Å². The van der Waals surface area contributed by atoms with Crippen LogP contribution in [-0.2, 0) is 13.0 Å². The standard InChI is InChI=1S/C14H15N3O/c15-14(18)11-9-13(10-4-6-16-7-5-10)17-8-2-1-3-12(11)17/h4-7,9H,1-3,8H2,(H2,15,18). The number of primary amides is 1. The number of nitrogens with two attached hydrogens (primary N) is 1. The lowest BCUT2D eigenvalue weighted by Crippen LogP contribution is -2.17. The molecule has 2 aromatic heterocycles. The molecular formula is C14H15N3O. The maximum absolute atomic E-state index is 11.5. The molecule has 1 amide bonds. The van der Waals surface area contributed by atoms with Gasteiger partial charge in [-0.3, -0.25) is 9.78 Å². The highest BCUT2D eigenvalue weighted by Crippen LogP contribution is 2.29. The molecular weight excluding hydrogens is 226 g/mol. The monoisotopic (exact) mass is 241 g/mol. The van der Waals surface area contributed by atoms with Crippen molar-refractivity contribution in [2.24, 2.45) is 5.73 Å². The Bertz CT molecular complexity index is 587. The second-order valence-corrected chi connectivity index (χ2v) is 4.60. The van der Waals surface area contributed by atoms with Crippen molar-refractivity contribution in [1.82, 2.24) is 9.55 Å². The lowest BCUT2D eigenvalue weighted by Gasteiger charge is -2.18. The number of carbonyl (C=O) groups excluding carboxylic acids is 1. The lowest BCUT2D eigenvalue weighted by atomic mass is 10.1. The SMILES string of the molecule is NC(=O)c1cc(-c2ccncc2)n2c1CCCC2. The molecule has 18 heavy (non-hydrogen) atoms.